The summed E-state index contributed by atoms with van der Waals surface area (Å²) in [5, 5.41) is 10.1. The molecule has 0 aromatic heterocycles. The summed E-state index contributed by atoms with van der Waals surface area (Å²) in [5.41, 5.74) is 2.13. The largest absolute Gasteiger partial charge is 0.366 e. The van der Waals surface area contributed by atoms with Crippen molar-refractivity contribution in [1.29, 1.82) is 0 Å². The maximum atomic E-state index is 10.1. The van der Waals surface area contributed by atoms with Crippen molar-refractivity contribution in [1.82, 2.24) is 0 Å². The first kappa shape index (κ1) is 17.6. The van der Waals surface area contributed by atoms with Crippen molar-refractivity contribution in [3.8, 4) is 0 Å². The monoisotopic (exact) mass is 356 g/mol. The van der Waals surface area contributed by atoms with E-state index in [4.69, 9.17) is 18.9 Å². The summed E-state index contributed by atoms with van der Waals surface area (Å²) < 4.78 is 23.5. The molecule has 2 aliphatic heterocycles. The highest BCUT2D eigenvalue weighted by Gasteiger charge is 2.55. The van der Waals surface area contributed by atoms with Crippen LogP contribution in [0.25, 0.3) is 0 Å². The Morgan fingerprint density at radius 2 is 1.46 bits per heavy atom. The molecule has 2 fully saturated rings. The summed E-state index contributed by atoms with van der Waals surface area (Å²) in [6, 6.07) is 20.1. The zero-order chi connectivity index (χ0) is 18.1. The van der Waals surface area contributed by atoms with Crippen LogP contribution in [0, 0.1) is 0 Å². The lowest BCUT2D eigenvalue weighted by molar-refractivity contribution is -0.226. The van der Waals surface area contributed by atoms with E-state index in [9.17, 15) is 5.11 Å². The Morgan fingerprint density at radius 1 is 0.923 bits per heavy atom. The van der Waals surface area contributed by atoms with E-state index in [0.717, 1.165) is 11.1 Å². The lowest BCUT2D eigenvalue weighted by Gasteiger charge is -2.25. The van der Waals surface area contributed by atoms with Crippen molar-refractivity contribution >= 4 is 0 Å². The van der Waals surface area contributed by atoms with Gasteiger partial charge in [-0.15, -0.1) is 0 Å². The zero-order valence-corrected chi connectivity index (χ0v) is 14.9. The van der Waals surface area contributed by atoms with Crippen LogP contribution in [0.2, 0.25) is 0 Å². The van der Waals surface area contributed by atoms with Gasteiger partial charge in [-0.3, -0.25) is 0 Å². The fraction of sp³-hybridized carbons (Fsp3) is 0.429. The van der Waals surface area contributed by atoms with Gasteiger partial charge in [-0.25, -0.2) is 0 Å². The molecule has 138 valence electrons. The summed E-state index contributed by atoms with van der Waals surface area (Å²) in [4.78, 5) is 0. The van der Waals surface area contributed by atoms with Crippen LogP contribution in [0.15, 0.2) is 60.7 Å². The van der Waals surface area contributed by atoms with Crippen molar-refractivity contribution < 1.29 is 24.1 Å². The van der Waals surface area contributed by atoms with Gasteiger partial charge in [-0.2, -0.15) is 0 Å². The van der Waals surface area contributed by atoms with Crippen LogP contribution in [-0.4, -0.2) is 42.1 Å². The van der Waals surface area contributed by atoms with Gasteiger partial charge in [0.1, 0.15) is 24.4 Å². The molecule has 2 aliphatic rings. The molecule has 5 heteroatoms. The van der Waals surface area contributed by atoms with Crippen LogP contribution >= 0.6 is 0 Å². The molecule has 4 rings (SSSR count). The normalized spacial score (nSPS) is 29.8. The maximum Gasteiger partial charge on any atom is 0.184 e. The molecule has 2 heterocycles. The quantitative estimate of drug-likeness (QED) is 0.892. The number of ether oxygens (including phenoxy) is 4. The molecule has 0 amide bonds. The molecule has 2 aromatic rings. The molecule has 1 N–H and O–H groups in total. The third kappa shape index (κ3) is 3.54. The van der Waals surface area contributed by atoms with E-state index in [0.29, 0.717) is 6.61 Å². The third-order valence-electron chi connectivity index (χ3n) is 4.76. The molecule has 0 saturated carbocycles. The minimum atomic E-state index is -0.998. The van der Waals surface area contributed by atoms with Gasteiger partial charge in [0.25, 0.3) is 0 Å². The molecule has 0 bridgehead atoms. The zero-order valence-electron chi connectivity index (χ0n) is 14.9. The number of rotatable bonds is 5. The van der Waals surface area contributed by atoms with Gasteiger partial charge >= 0.3 is 0 Å². The van der Waals surface area contributed by atoms with E-state index in [2.05, 4.69) is 0 Å². The molecular weight excluding hydrogens is 332 g/mol. The van der Waals surface area contributed by atoms with Crippen LogP contribution < -0.4 is 0 Å². The predicted molar refractivity (Wildman–Crippen MR) is 95.4 cm³/mol. The second-order valence-corrected chi connectivity index (χ2v) is 7.16. The topological polar surface area (TPSA) is 57.2 Å². The summed E-state index contributed by atoms with van der Waals surface area (Å²) in [6.07, 6.45) is -2.42. The molecule has 0 aliphatic carbocycles. The number of aliphatic hydroxyl groups excluding tert-OH is 1. The van der Waals surface area contributed by atoms with E-state index in [1.54, 1.807) is 0 Å². The Morgan fingerprint density at radius 3 is 2.04 bits per heavy atom. The fourth-order valence-corrected chi connectivity index (χ4v) is 3.62. The Bertz CT molecular complexity index is 678. The molecule has 1 unspecified atom stereocenters. The number of fused-ring (bicyclic) bond motifs is 1. The summed E-state index contributed by atoms with van der Waals surface area (Å²) in [7, 11) is 0. The number of hydrogen-bond acceptors (Lipinski definition) is 5. The smallest absolute Gasteiger partial charge is 0.184 e. The van der Waals surface area contributed by atoms with Crippen molar-refractivity contribution in [2.24, 2.45) is 0 Å². The van der Waals surface area contributed by atoms with Crippen molar-refractivity contribution in [2.45, 2.75) is 50.3 Å². The van der Waals surface area contributed by atoms with Crippen molar-refractivity contribution in [3.63, 3.8) is 0 Å². The van der Waals surface area contributed by atoms with Crippen LogP contribution in [0.5, 0.6) is 0 Å². The first-order valence-electron chi connectivity index (χ1n) is 8.94. The Balaban J connectivity index is 1.51. The van der Waals surface area contributed by atoms with E-state index in [1.165, 1.54) is 0 Å². The van der Waals surface area contributed by atoms with E-state index >= 15 is 0 Å². The minimum absolute atomic E-state index is 0.215. The highest BCUT2D eigenvalue weighted by Crippen LogP contribution is 2.38. The van der Waals surface area contributed by atoms with Crippen molar-refractivity contribution in [3.05, 3.63) is 71.8 Å². The molecule has 0 radical (unpaired) electrons. The van der Waals surface area contributed by atoms with Gasteiger partial charge in [0.15, 0.2) is 12.1 Å². The predicted octanol–water partition coefficient (Wildman–Crippen LogP) is 3.03. The molecule has 0 spiro atoms. The molecule has 2 saturated heterocycles. The van der Waals surface area contributed by atoms with Gasteiger partial charge in [0.2, 0.25) is 0 Å². The van der Waals surface area contributed by atoms with Gasteiger partial charge < -0.3 is 24.1 Å². The van der Waals surface area contributed by atoms with Gasteiger partial charge in [0, 0.05) is 0 Å². The van der Waals surface area contributed by atoms with Crippen molar-refractivity contribution in [2.75, 3.05) is 6.61 Å². The Hall–Kier alpha value is -1.76. The van der Waals surface area contributed by atoms with Gasteiger partial charge in [0.05, 0.1) is 6.61 Å². The summed E-state index contributed by atoms with van der Waals surface area (Å²) >= 11 is 0. The van der Waals surface area contributed by atoms with Gasteiger partial charge in [-0.05, 0) is 25.0 Å². The summed E-state index contributed by atoms with van der Waals surface area (Å²) in [6.45, 7) is 3.98. The molecular formula is C21H24O5. The highest BCUT2D eigenvalue weighted by atomic mass is 16.8. The number of aliphatic hydroxyl groups is 1. The summed E-state index contributed by atoms with van der Waals surface area (Å²) in [5.74, 6) is -0.726. The van der Waals surface area contributed by atoms with Crippen LogP contribution in [-0.2, 0) is 18.9 Å². The average Bonchev–Trinajstić information content (AvgIpc) is 3.11. The average molecular weight is 356 g/mol. The van der Waals surface area contributed by atoms with E-state index in [-0.39, 0.29) is 18.3 Å². The van der Waals surface area contributed by atoms with Gasteiger partial charge in [-0.1, -0.05) is 60.7 Å². The van der Waals surface area contributed by atoms with E-state index < -0.39 is 18.2 Å². The Labute approximate surface area is 153 Å². The standard InChI is InChI=1S/C21H24O5/c1-21(2)25-18-16(24-20(22)19(18)26-21)13-23-17(14-9-5-3-6-10-14)15-11-7-4-8-12-15/h3-12,16-20,22H,13H2,1-2H3/t16-,18+,19+,20?/m0/s1. The number of benzene rings is 2. The highest BCUT2D eigenvalue weighted by molar-refractivity contribution is 5.29. The fourth-order valence-electron chi connectivity index (χ4n) is 3.62. The first-order chi connectivity index (χ1) is 12.5. The molecule has 26 heavy (non-hydrogen) atoms. The lowest BCUT2D eigenvalue weighted by Crippen LogP contribution is -2.33. The van der Waals surface area contributed by atoms with Crippen LogP contribution in [0.1, 0.15) is 31.1 Å². The SMILES string of the molecule is CC1(C)O[C@@H]2[C@H](COC(c3ccccc3)c3ccccc3)OC(O)[C@@H]2O1. The lowest BCUT2D eigenvalue weighted by atomic mass is 10.0. The molecule has 4 atom stereocenters. The molecule has 5 nitrogen and oxygen atoms in total. The first-order valence-corrected chi connectivity index (χ1v) is 8.94. The Kier molecular flexibility index (Phi) is 4.82. The second kappa shape index (κ2) is 7.10. The second-order valence-electron chi connectivity index (χ2n) is 7.16. The molecule has 2 aromatic carbocycles. The van der Waals surface area contributed by atoms with Crippen LogP contribution in [0.4, 0.5) is 0 Å². The number of hydrogen-bond donors (Lipinski definition) is 1. The van der Waals surface area contributed by atoms with E-state index in [1.807, 2.05) is 74.5 Å². The van der Waals surface area contributed by atoms with Crippen LogP contribution in [0.3, 0.4) is 0 Å². The maximum absolute atomic E-state index is 10.1. The minimum Gasteiger partial charge on any atom is -0.366 e. The third-order valence-corrected chi connectivity index (χ3v) is 4.76.